The van der Waals surface area contributed by atoms with Gasteiger partial charge in [-0.3, -0.25) is 9.69 Å². The number of hydrogen-bond donors (Lipinski definition) is 1. The molecule has 1 atom stereocenters. The highest BCUT2D eigenvalue weighted by Gasteiger charge is 2.21. The Balaban J connectivity index is 1.48. The third-order valence-electron chi connectivity index (χ3n) is 4.94. The zero-order valence-electron chi connectivity index (χ0n) is 15.7. The Morgan fingerprint density at radius 3 is 2.46 bits per heavy atom. The van der Waals surface area contributed by atoms with E-state index in [0.29, 0.717) is 6.54 Å². The van der Waals surface area contributed by atoms with Crippen LogP contribution < -0.4 is 10.2 Å². The van der Waals surface area contributed by atoms with E-state index < -0.39 is 0 Å². The molecule has 1 aliphatic rings. The van der Waals surface area contributed by atoms with Gasteiger partial charge in [-0.25, -0.2) is 4.98 Å². The van der Waals surface area contributed by atoms with Crippen LogP contribution in [0.4, 0.5) is 5.82 Å². The van der Waals surface area contributed by atoms with Crippen LogP contribution in [-0.2, 0) is 4.79 Å². The summed E-state index contributed by atoms with van der Waals surface area (Å²) in [5, 5.41) is 3.19. The lowest BCUT2D eigenvalue weighted by Gasteiger charge is -2.35. The summed E-state index contributed by atoms with van der Waals surface area (Å²) < 4.78 is 0. The first-order chi connectivity index (χ1) is 12.7. The molecule has 1 aliphatic heterocycles. The monoisotopic (exact) mass is 352 g/mol. The van der Waals surface area contributed by atoms with Gasteiger partial charge in [0.1, 0.15) is 5.82 Å². The fourth-order valence-corrected chi connectivity index (χ4v) is 3.34. The van der Waals surface area contributed by atoms with Gasteiger partial charge in [-0.05, 0) is 31.0 Å². The van der Waals surface area contributed by atoms with E-state index in [4.69, 9.17) is 0 Å². The number of aryl methyl sites for hydroxylation is 1. The number of benzene rings is 1. The predicted molar refractivity (Wildman–Crippen MR) is 105 cm³/mol. The Kier molecular flexibility index (Phi) is 6.23. The Morgan fingerprint density at radius 2 is 1.85 bits per heavy atom. The molecule has 0 unspecified atom stereocenters. The number of anilines is 1. The van der Waals surface area contributed by atoms with Gasteiger partial charge < -0.3 is 10.2 Å². The fourth-order valence-electron chi connectivity index (χ4n) is 3.34. The molecular weight excluding hydrogens is 324 g/mol. The molecule has 5 heteroatoms. The summed E-state index contributed by atoms with van der Waals surface area (Å²) in [6.07, 6.45) is 2.72. The summed E-state index contributed by atoms with van der Waals surface area (Å²) >= 11 is 0. The molecular formula is C21H28N4O. The van der Waals surface area contributed by atoms with Gasteiger partial charge in [0.2, 0.25) is 5.91 Å². The van der Waals surface area contributed by atoms with Crippen molar-refractivity contribution in [2.75, 3.05) is 37.6 Å². The molecule has 2 heterocycles. The molecule has 0 radical (unpaired) electrons. The third-order valence-corrected chi connectivity index (χ3v) is 4.94. The second kappa shape index (κ2) is 8.81. The van der Waals surface area contributed by atoms with Crippen LogP contribution in [0.25, 0.3) is 0 Å². The lowest BCUT2D eigenvalue weighted by molar-refractivity contribution is -0.123. The predicted octanol–water partition coefficient (Wildman–Crippen LogP) is 2.78. The smallest absolute Gasteiger partial charge is 0.234 e. The maximum Gasteiger partial charge on any atom is 0.234 e. The standard InChI is InChI=1S/C21H28N4O/c1-3-19(18-9-7-17(2)8-10-18)23-21(26)16-24-12-14-25(15-13-24)20-6-4-5-11-22-20/h4-11,19H,3,12-16H2,1-2H3,(H,23,26)/t19-/m1/s1. The minimum Gasteiger partial charge on any atom is -0.354 e. The molecule has 0 bridgehead atoms. The van der Waals surface area contributed by atoms with E-state index in [0.717, 1.165) is 38.4 Å². The van der Waals surface area contributed by atoms with Gasteiger partial charge in [-0.1, -0.05) is 42.8 Å². The number of rotatable bonds is 6. The maximum absolute atomic E-state index is 12.5. The van der Waals surface area contributed by atoms with Gasteiger partial charge in [0.05, 0.1) is 12.6 Å². The summed E-state index contributed by atoms with van der Waals surface area (Å²) in [5.74, 6) is 1.12. The van der Waals surface area contributed by atoms with Crippen molar-refractivity contribution >= 4 is 11.7 Å². The van der Waals surface area contributed by atoms with Crippen LogP contribution in [0, 0.1) is 6.92 Å². The second-order valence-electron chi connectivity index (χ2n) is 6.89. The summed E-state index contributed by atoms with van der Waals surface area (Å²) in [7, 11) is 0. The number of pyridine rings is 1. The fraction of sp³-hybridized carbons (Fsp3) is 0.429. The highest BCUT2D eigenvalue weighted by Crippen LogP contribution is 2.17. The van der Waals surface area contributed by atoms with Crippen molar-refractivity contribution in [2.24, 2.45) is 0 Å². The molecule has 3 rings (SSSR count). The second-order valence-corrected chi connectivity index (χ2v) is 6.89. The highest BCUT2D eigenvalue weighted by atomic mass is 16.2. The van der Waals surface area contributed by atoms with E-state index in [9.17, 15) is 4.79 Å². The van der Waals surface area contributed by atoms with Crippen LogP contribution in [0.15, 0.2) is 48.7 Å². The number of carbonyl (C=O) groups is 1. The van der Waals surface area contributed by atoms with Crippen LogP contribution in [0.3, 0.4) is 0 Å². The van der Waals surface area contributed by atoms with Crippen LogP contribution in [0.2, 0.25) is 0 Å². The zero-order valence-corrected chi connectivity index (χ0v) is 15.7. The minimum atomic E-state index is 0.0814. The first-order valence-electron chi connectivity index (χ1n) is 9.40. The molecule has 138 valence electrons. The molecule has 1 fully saturated rings. The van der Waals surface area contributed by atoms with Gasteiger partial charge >= 0.3 is 0 Å². The lowest BCUT2D eigenvalue weighted by atomic mass is 10.0. The Bertz CT molecular complexity index is 694. The van der Waals surface area contributed by atoms with Crippen molar-refractivity contribution in [1.29, 1.82) is 0 Å². The average Bonchev–Trinajstić information content (AvgIpc) is 2.68. The van der Waals surface area contributed by atoms with E-state index in [-0.39, 0.29) is 11.9 Å². The van der Waals surface area contributed by atoms with Gasteiger partial charge in [-0.15, -0.1) is 0 Å². The van der Waals surface area contributed by atoms with Crippen molar-refractivity contribution in [1.82, 2.24) is 15.2 Å². The topological polar surface area (TPSA) is 48.5 Å². The van der Waals surface area contributed by atoms with Crippen molar-refractivity contribution in [3.8, 4) is 0 Å². The average molecular weight is 352 g/mol. The zero-order chi connectivity index (χ0) is 18.4. The van der Waals surface area contributed by atoms with E-state index in [1.54, 1.807) is 0 Å². The summed E-state index contributed by atoms with van der Waals surface area (Å²) in [6, 6.07) is 14.5. The summed E-state index contributed by atoms with van der Waals surface area (Å²) in [4.78, 5) is 21.4. The molecule has 26 heavy (non-hydrogen) atoms. The van der Waals surface area contributed by atoms with Gasteiger partial charge in [0, 0.05) is 32.4 Å². The van der Waals surface area contributed by atoms with Gasteiger partial charge in [-0.2, -0.15) is 0 Å². The van der Waals surface area contributed by atoms with Crippen molar-refractivity contribution in [2.45, 2.75) is 26.3 Å². The van der Waals surface area contributed by atoms with Crippen LogP contribution >= 0.6 is 0 Å². The summed E-state index contributed by atoms with van der Waals surface area (Å²) in [6.45, 7) is 8.21. The van der Waals surface area contributed by atoms with Gasteiger partial charge in [0.15, 0.2) is 0 Å². The number of hydrogen-bond acceptors (Lipinski definition) is 4. The van der Waals surface area contributed by atoms with Crippen molar-refractivity contribution < 1.29 is 4.79 Å². The summed E-state index contributed by atoms with van der Waals surface area (Å²) in [5.41, 5.74) is 2.41. The molecule has 0 spiro atoms. The molecule has 1 saturated heterocycles. The Labute approximate surface area is 156 Å². The van der Waals surface area contributed by atoms with E-state index in [1.807, 2.05) is 24.4 Å². The molecule has 1 amide bonds. The largest absolute Gasteiger partial charge is 0.354 e. The number of nitrogens with one attached hydrogen (secondary N) is 1. The molecule has 0 aliphatic carbocycles. The SMILES string of the molecule is CC[C@@H](NC(=O)CN1CCN(c2ccccn2)CC1)c1ccc(C)cc1. The number of carbonyl (C=O) groups excluding carboxylic acids is 1. The van der Waals surface area contributed by atoms with E-state index in [2.05, 4.69) is 58.2 Å². The van der Waals surface area contributed by atoms with Crippen LogP contribution in [-0.4, -0.2) is 48.5 Å². The van der Waals surface area contributed by atoms with Crippen molar-refractivity contribution in [3.63, 3.8) is 0 Å². The number of amides is 1. The Morgan fingerprint density at radius 1 is 1.12 bits per heavy atom. The third kappa shape index (κ3) is 4.82. The molecule has 2 aromatic rings. The maximum atomic E-state index is 12.5. The van der Waals surface area contributed by atoms with Crippen LogP contribution in [0.5, 0.6) is 0 Å². The molecule has 5 nitrogen and oxygen atoms in total. The van der Waals surface area contributed by atoms with Gasteiger partial charge in [0.25, 0.3) is 0 Å². The number of nitrogens with zero attached hydrogens (tertiary/aromatic N) is 3. The quantitative estimate of drug-likeness (QED) is 0.868. The van der Waals surface area contributed by atoms with Crippen molar-refractivity contribution in [3.05, 3.63) is 59.8 Å². The van der Waals surface area contributed by atoms with Crippen LogP contribution in [0.1, 0.15) is 30.5 Å². The normalized spacial score (nSPS) is 16.3. The minimum absolute atomic E-state index is 0.0814. The number of aromatic nitrogens is 1. The molecule has 0 saturated carbocycles. The lowest BCUT2D eigenvalue weighted by Crippen LogP contribution is -2.50. The number of piperazine rings is 1. The Hall–Kier alpha value is -2.40. The van der Waals surface area contributed by atoms with E-state index in [1.165, 1.54) is 11.1 Å². The molecule has 1 N–H and O–H groups in total. The molecule has 1 aromatic carbocycles. The van der Waals surface area contributed by atoms with E-state index >= 15 is 0 Å². The first kappa shape index (κ1) is 18.4. The first-order valence-corrected chi connectivity index (χ1v) is 9.40. The highest BCUT2D eigenvalue weighted by molar-refractivity contribution is 5.78. The molecule has 1 aromatic heterocycles.